The largest absolute Gasteiger partial charge is 0.492 e. The van der Waals surface area contributed by atoms with Gasteiger partial charge in [0.1, 0.15) is 18.1 Å². The van der Waals surface area contributed by atoms with Crippen LogP contribution in [0.5, 0.6) is 11.5 Å². The number of likely N-dealkylation sites (N-methyl/N-ethyl adjacent to an activating group) is 1. The summed E-state index contributed by atoms with van der Waals surface area (Å²) in [6.07, 6.45) is 3.62. The van der Waals surface area contributed by atoms with Crippen molar-refractivity contribution in [2.75, 3.05) is 32.5 Å². The third-order valence-corrected chi connectivity index (χ3v) is 3.33. The van der Waals surface area contributed by atoms with E-state index in [1.807, 2.05) is 18.2 Å². The van der Waals surface area contributed by atoms with Crippen LogP contribution in [0.1, 0.15) is 26.2 Å². The van der Waals surface area contributed by atoms with Crippen molar-refractivity contribution in [2.45, 2.75) is 32.2 Å². The number of nitrogens with zero attached hydrogens (tertiary/aromatic N) is 1. The van der Waals surface area contributed by atoms with Crippen molar-refractivity contribution in [3.05, 3.63) is 18.2 Å². The van der Waals surface area contributed by atoms with E-state index in [1.165, 1.54) is 12.8 Å². The lowest BCUT2D eigenvalue weighted by atomic mass is 10.3. The highest BCUT2D eigenvalue weighted by molar-refractivity contribution is 5.55. The molecular weight excluding hydrogens is 240 g/mol. The van der Waals surface area contributed by atoms with E-state index >= 15 is 0 Å². The summed E-state index contributed by atoms with van der Waals surface area (Å²) in [5.41, 5.74) is 6.53. The second-order valence-electron chi connectivity index (χ2n) is 5.11. The minimum Gasteiger partial charge on any atom is -0.492 e. The number of nitrogens with two attached hydrogens (primary N) is 1. The summed E-state index contributed by atoms with van der Waals surface area (Å²) in [6, 6.07) is 6.39. The molecule has 1 fully saturated rings. The summed E-state index contributed by atoms with van der Waals surface area (Å²) in [6.45, 7) is 4.41. The number of hydrogen-bond donors (Lipinski definition) is 1. The summed E-state index contributed by atoms with van der Waals surface area (Å²) >= 11 is 0. The molecule has 4 nitrogen and oxygen atoms in total. The molecule has 0 radical (unpaired) electrons. The molecule has 1 aliphatic rings. The molecule has 0 aromatic heterocycles. The normalized spacial score (nSPS) is 14.7. The highest BCUT2D eigenvalue weighted by atomic mass is 16.5. The Morgan fingerprint density at radius 1 is 1.26 bits per heavy atom. The second-order valence-corrected chi connectivity index (χ2v) is 5.11. The topological polar surface area (TPSA) is 47.7 Å². The van der Waals surface area contributed by atoms with Crippen LogP contribution in [0.3, 0.4) is 0 Å². The summed E-state index contributed by atoms with van der Waals surface area (Å²) in [4.78, 5) is 2.35. The molecule has 0 heterocycles. The molecule has 0 saturated heterocycles. The highest BCUT2D eigenvalue weighted by Crippen LogP contribution is 2.27. The zero-order chi connectivity index (χ0) is 13.7. The van der Waals surface area contributed by atoms with Gasteiger partial charge in [-0.05, 0) is 38.4 Å². The molecule has 1 saturated carbocycles. The predicted octanol–water partition coefficient (Wildman–Crippen LogP) is 2.53. The first-order chi connectivity index (χ1) is 9.20. The van der Waals surface area contributed by atoms with Crippen molar-refractivity contribution in [2.24, 2.45) is 0 Å². The van der Waals surface area contributed by atoms with E-state index < -0.39 is 0 Å². The van der Waals surface area contributed by atoms with E-state index in [-0.39, 0.29) is 0 Å². The number of rotatable bonds is 8. The Bertz CT molecular complexity index is 405. The molecular formula is C15H24N2O2. The molecule has 0 spiro atoms. The van der Waals surface area contributed by atoms with E-state index in [0.717, 1.165) is 30.5 Å². The van der Waals surface area contributed by atoms with Crippen LogP contribution in [-0.2, 0) is 0 Å². The van der Waals surface area contributed by atoms with Crippen LogP contribution in [0.2, 0.25) is 0 Å². The fourth-order valence-corrected chi connectivity index (χ4v) is 1.95. The molecule has 2 rings (SSSR count). The Hall–Kier alpha value is -1.42. The van der Waals surface area contributed by atoms with Crippen LogP contribution >= 0.6 is 0 Å². The van der Waals surface area contributed by atoms with Crippen LogP contribution in [-0.4, -0.2) is 37.7 Å². The molecule has 0 bridgehead atoms. The Labute approximate surface area is 115 Å². The van der Waals surface area contributed by atoms with Gasteiger partial charge >= 0.3 is 0 Å². The van der Waals surface area contributed by atoms with Crippen molar-refractivity contribution < 1.29 is 9.47 Å². The minimum atomic E-state index is 0.663. The van der Waals surface area contributed by atoms with Crippen molar-refractivity contribution in [3.8, 4) is 11.5 Å². The zero-order valence-corrected chi connectivity index (χ0v) is 11.9. The quantitative estimate of drug-likeness (QED) is 0.733. The van der Waals surface area contributed by atoms with Crippen LogP contribution in [0.25, 0.3) is 0 Å². The smallest absolute Gasteiger partial charge is 0.145 e. The van der Waals surface area contributed by atoms with Crippen LogP contribution in [0.15, 0.2) is 18.2 Å². The zero-order valence-electron chi connectivity index (χ0n) is 11.9. The Kier molecular flexibility index (Phi) is 4.91. The average Bonchev–Trinajstić information content (AvgIpc) is 3.23. The lowest BCUT2D eigenvalue weighted by Gasteiger charge is -2.16. The van der Waals surface area contributed by atoms with Crippen molar-refractivity contribution in [1.82, 2.24) is 4.90 Å². The first-order valence-electron chi connectivity index (χ1n) is 7.06. The number of hydrogen-bond acceptors (Lipinski definition) is 4. The molecule has 106 valence electrons. The monoisotopic (exact) mass is 264 g/mol. The molecule has 1 aromatic carbocycles. The van der Waals surface area contributed by atoms with Gasteiger partial charge in [0.15, 0.2) is 0 Å². The number of anilines is 1. The van der Waals surface area contributed by atoms with Gasteiger partial charge in [-0.1, -0.05) is 6.92 Å². The number of benzene rings is 1. The first kappa shape index (κ1) is 14.0. The summed E-state index contributed by atoms with van der Waals surface area (Å²) in [5, 5.41) is 0. The third-order valence-electron chi connectivity index (χ3n) is 3.33. The van der Waals surface area contributed by atoms with Gasteiger partial charge < -0.3 is 20.1 Å². The van der Waals surface area contributed by atoms with Crippen molar-refractivity contribution >= 4 is 5.69 Å². The van der Waals surface area contributed by atoms with Gasteiger partial charge in [-0.25, -0.2) is 0 Å². The molecule has 0 amide bonds. The van der Waals surface area contributed by atoms with Crippen LogP contribution in [0.4, 0.5) is 5.69 Å². The van der Waals surface area contributed by atoms with E-state index in [4.69, 9.17) is 15.2 Å². The maximum Gasteiger partial charge on any atom is 0.145 e. The van der Waals surface area contributed by atoms with E-state index in [2.05, 4.69) is 18.9 Å². The molecule has 1 aromatic rings. The van der Waals surface area contributed by atoms with Gasteiger partial charge in [-0.15, -0.1) is 0 Å². The number of ether oxygens (including phenoxy) is 2. The van der Waals surface area contributed by atoms with Gasteiger partial charge in [-0.2, -0.15) is 0 Å². The van der Waals surface area contributed by atoms with E-state index in [9.17, 15) is 0 Å². The lowest BCUT2D eigenvalue weighted by molar-refractivity contribution is 0.231. The maximum absolute atomic E-state index is 5.87. The fraction of sp³-hybridized carbons (Fsp3) is 0.600. The Morgan fingerprint density at radius 3 is 2.74 bits per heavy atom. The SMILES string of the molecule is CCCOc1cc(OCCN(C)C2CC2)ccc1N. The van der Waals surface area contributed by atoms with Gasteiger partial charge in [0, 0.05) is 18.7 Å². The predicted molar refractivity (Wildman–Crippen MR) is 77.8 cm³/mol. The van der Waals surface area contributed by atoms with Gasteiger partial charge in [0.05, 0.1) is 12.3 Å². The molecule has 0 atom stereocenters. The van der Waals surface area contributed by atoms with E-state index in [1.54, 1.807) is 0 Å². The number of nitrogen functional groups attached to an aromatic ring is 1. The lowest BCUT2D eigenvalue weighted by Crippen LogP contribution is -2.26. The van der Waals surface area contributed by atoms with Crippen molar-refractivity contribution in [1.29, 1.82) is 0 Å². The third kappa shape index (κ3) is 4.31. The summed E-state index contributed by atoms with van der Waals surface area (Å²) in [5.74, 6) is 1.54. The fourth-order valence-electron chi connectivity index (χ4n) is 1.95. The van der Waals surface area contributed by atoms with E-state index in [0.29, 0.717) is 18.9 Å². The van der Waals surface area contributed by atoms with Gasteiger partial charge in [-0.3, -0.25) is 0 Å². The maximum atomic E-state index is 5.87. The average molecular weight is 264 g/mol. The Balaban J connectivity index is 1.81. The van der Waals surface area contributed by atoms with Crippen LogP contribution in [0, 0.1) is 0 Å². The second kappa shape index (κ2) is 6.66. The molecule has 0 unspecified atom stereocenters. The van der Waals surface area contributed by atoms with Crippen LogP contribution < -0.4 is 15.2 Å². The highest BCUT2D eigenvalue weighted by Gasteiger charge is 2.25. The van der Waals surface area contributed by atoms with Gasteiger partial charge in [0.25, 0.3) is 0 Å². The minimum absolute atomic E-state index is 0.663. The standard InChI is InChI=1S/C15H24N2O2/c1-3-9-19-15-11-13(6-7-14(15)16)18-10-8-17(2)12-4-5-12/h6-7,11-12H,3-5,8-10,16H2,1-2H3. The molecule has 1 aliphatic carbocycles. The molecule has 19 heavy (non-hydrogen) atoms. The van der Waals surface area contributed by atoms with Gasteiger partial charge in [0.2, 0.25) is 0 Å². The first-order valence-corrected chi connectivity index (χ1v) is 7.06. The Morgan fingerprint density at radius 2 is 2.05 bits per heavy atom. The summed E-state index contributed by atoms with van der Waals surface area (Å²) in [7, 11) is 2.15. The van der Waals surface area contributed by atoms with Crippen molar-refractivity contribution in [3.63, 3.8) is 0 Å². The molecule has 4 heteroatoms. The summed E-state index contributed by atoms with van der Waals surface area (Å²) < 4.78 is 11.3. The molecule has 0 aliphatic heterocycles. The molecule has 2 N–H and O–H groups in total.